The summed E-state index contributed by atoms with van der Waals surface area (Å²) in [5, 5.41) is 14.1. The van der Waals surface area contributed by atoms with E-state index in [-0.39, 0.29) is 0 Å². The van der Waals surface area contributed by atoms with Crippen molar-refractivity contribution in [1.82, 2.24) is 5.32 Å². The zero-order valence-corrected chi connectivity index (χ0v) is 12.4. The third kappa shape index (κ3) is 4.89. The van der Waals surface area contributed by atoms with Gasteiger partial charge in [-0.1, -0.05) is 32.9 Å². The zero-order valence-electron chi connectivity index (χ0n) is 12.4. The van der Waals surface area contributed by atoms with Gasteiger partial charge in [0.1, 0.15) is 0 Å². The van der Waals surface area contributed by atoms with Crippen LogP contribution in [-0.2, 0) is 6.42 Å². The van der Waals surface area contributed by atoms with Crippen molar-refractivity contribution in [3.8, 4) is 0 Å². The average molecular weight is 282 g/mol. The van der Waals surface area contributed by atoms with Crippen molar-refractivity contribution in [1.29, 1.82) is 0 Å². The Labute approximate surface area is 119 Å². The van der Waals surface area contributed by atoms with E-state index < -0.39 is 16.4 Å². The summed E-state index contributed by atoms with van der Waals surface area (Å²) in [7, 11) is 0. The second kappa shape index (κ2) is 7.94. The highest BCUT2D eigenvalue weighted by Crippen LogP contribution is 2.22. The lowest BCUT2D eigenvalue weighted by atomic mass is 9.97. The number of halogens is 1. The van der Waals surface area contributed by atoms with Crippen LogP contribution in [0, 0.1) is 21.8 Å². The molecule has 0 aromatic heterocycles. The van der Waals surface area contributed by atoms with E-state index in [0.717, 1.165) is 19.4 Å². The molecule has 1 aromatic rings. The minimum atomic E-state index is -0.697. The first-order chi connectivity index (χ1) is 9.45. The molecule has 1 atom stereocenters. The Morgan fingerprint density at radius 3 is 2.65 bits per heavy atom. The van der Waals surface area contributed by atoms with E-state index in [2.05, 4.69) is 19.2 Å². The maximum atomic E-state index is 14.0. The van der Waals surface area contributed by atoms with Gasteiger partial charge in [0, 0.05) is 12.1 Å². The van der Waals surface area contributed by atoms with Gasteiger partial charge in [-0.05, 0) is 37.3 Å². The predicted molar refractivity (Wildman–Crippen MR) is 78.3 cm³/mol. The van der Waals surface area contributed by atoms with E-state index in [1.165, 1.54) is 6.07 Å². The first kappa shape index (κ1) is 16.6. The Morgan fingerprint density at radius 1 is 1.40 bits per heavy atom. The summed E-state index contributed by atoms with van der Waals surface area (Å²) in [6, 6.07) is 4.69. The molecule has 0 saturated carbocycles. The highest BCUT2D eigenvalue weighted by Gasteiger charge is 2.18. The molecule has 0 radical (unpaired) electrons. The van der Waals surface area contributed by atoms with Crippen molar-refractivity contribution in [3.63, 3.8) is 0 Å². The van der Waals surface area contributed by atoms with Gasteiger partial charge in [0.05, 0.1) is 4.92 Å². The van der Waals surface area contributed by atoms with Crippen molar-refractivity contribution in [2.45, 2.75) is 46.1 Å². The second-order valence-corrected chi connectivity index (χ2v) is 5.43. The maximum Gasteiger partial charge on any atom is 0.305 e. The molecule has 1 aromatic carbocycles. The fourth-order valence-electron chi connectivity index (χ4n) is 2.39. The minimum Gasteiger partial charge on any atom is -0.314 e. The fraction of sp³-hybridized carbons (Fsp3) is 0.600. The summed E-state index contributed by atoms with van der Waals surface area (Å²) in [5.41, 5.74) is -0.0165. The number of nitro benzene ring substituents is 1. The predicted octanol–water partition coefficient (Wildman–Crippen LogP) is 3.69. The monoisotopic (exact) mass is 282 g/mol. The summed E-state index contributed by atoms with van der Waals surface area (Å²) < 4.78 is 14.0. The molecule has 0 saturated heterocycles. The first-order valence-electron chi connectivity index (χ1n) is 7.10. The molecule has 5 heteroatoms. The number of nitrogens with zero attached hydrogens (tertiary/aromatic N) is 1. The molecule has 1 unspecified atom stereocenters. The van der Waals surface area contributed by atoms with Gasteiger partial charge >= 0.3 is 5.69 Å². The average Bonchev–Trinajstić information content (AvgIpc) is 2.36. The van der Waals surface area contributed by atoms with Gasteiger partial charge in [-0.25, -0.2) is 0 Å². The second-order valence-electron chi connectivity index (χ2n) is 5.43. The van der Waals surface area contributed by atoms with Gasteiger partial charge < -0.3 is 5.32 Å². The lowest BCUT2D eigenvalue weighted by Crippen LogP contribution is -2.30. The van der Waals surface area contributed by atoms with Crippen LogP contribution in [0.5, 0.6) is 0 Å². The molecule has 0 bridgehead atoms. The third-order valence-corrected chi connectivity index (χ3v) is 3.27. The number of nitro groups is 1. The molecule has 1 N–H and O–H groups in total. The Balaban J connectivity index is 2.72. The molecule has 4 nitrogen and oxygen atoms in total. The number of nitrogens with one attached hydrogen (secondary N) is 1. The minimum absolute atomic E-state index is 0.318. The van der Waals surface area contributed by atoms with E-state index in [9.17, 15) is 14.5 Å². The molecular formula is C15H23FN2O2. The molecule has 0 aliphatic rings. The molecule has 0 heterocycles. The van der Waals surface area contributed by atoms with E-state index in [4.69, 9.17) is 0 Å². The van der Waals surface area contributed by atoms with Gasteiger partial charge in [0.15, 0.2) is 0 Å². The summed E-state index contributed by atoms with van der Waals surface area (Å²) >= 11 is 0. The largest absolute Gasteiger partial charge is 0.314 e. The van der Waals surface area contributed by atoms with Crippen molar-refractivity contribution >= 4 is 5.69 Å². The number of aryl methyl sites for hydroxylation is 1. The van der Waals surface area contributed by atoms with Crippen LogP contribution in [0.1, 0.15) is 39.2 Å². The lowest BCUT2D eigenvalue weighted by molar-refractivity contribution is -0.387. The Bertz CT molecular complexity index is 449. The Kier molecular flexibility index (Phi) is 6.58. The quantitative estimate of drug-likeness (QED) is 0.584. The molecule has 0 spiro atoms. The van der Waals surface area contributed by atoms with Crippen LogP contribution in [0.4, 0.5) is 10.1 Å². The highest BCUT2D eigenvalue weighted by atomic mass is 19.1. The molecule has 20 heavy (non-hydrogen) atoms. The number of hydrogen-bond donors (Lipinski definition) is 1. The molecular weight excluding hydrogens is 259 g/mol. The van der Waals surface area contributed by atoms with Crippen molar-refractivity contribution < 1.29 is 9.31 Å². The smallest absolute Gasteiger partial charge is 0.305 e. The zero-order chi connectivity index (χ0) is 15.1. The van der Waals surface area contributed by atoms with E-state index in [1.54, 1.807) is 12.1 Å². The van der Waals surface area contributed by atoms with Crippen LogP contribution in [-0.4, -0.2) is 17.5 Å². The van der Waals surface area contributed by atoms with Crippen LogP contribution in [0.25, 0.3) is 0 Å². The molecule has 1 rings (SSSR count). The normalized spacial score (nSPS) is 12.7. The van der Waals surface area contributed by atoms with Gasteiger partial charge in [-0.2, -0.15) is 4.39 Å². The van der Waals surface area contributed by atoms with Gasteiger partial charge in [-0.15, -0.1) is 0 Å². The molecule has 0 aliphatic carbocycles. The number of hydrogen-bond acceptors (Lipinski definition) is 3. The van der Waals surface area contributed by atoms with Crippen molar-refractivity contribution in [2.24, 2.45) is 5.92 Å². The Hall–Kier alpha value is -1.49. The van der Waals surface area contributed by atoms with Crippen molar-refractivity contribution in [2.75, 3.05) is 6.54 Å². The van der Waals surface area contributed by atoms with Crippen LogP contribution in [0.15, 0.2) is 18.2 Å². The topological polar surface area (TPSA) is 55.2 Å². The lowest BCUT2D eigenvalue weighted by Gasteiger charge is -2.20. The summed E-state index contributed by atoms with van der Waals surface area (Å²) in [5.74, 6) is -0.133. The van der Waals surface area contributed by atoms with Gasteiger partial charge in [0.2, 0.25) is 5.82 Å². The Morgan fingerprint density at radius 2 is 2.10 bits per heavy atom. The summed E-state index contributed by atoms with van der Waals surface area (Å²) in [6.07, 6.45) is 2.31. The summed E-state index contributed by atoms with van der Waals surface area (Å²) in [4.78, 5) is 10.0. The van der Waals surface area contributed by atoms with E-state index in [1.807, 2.05) is 6.92 Å². The standard InChI is InChI=1S/C15H23FN2O2/c1-4-17-13(10-11(2)3)9-8-12-6-5-7-14(15(12)16)18(19)20/h5-7,11,13,17H,4,8-10H2,1-3H3. The SMILES string of the molecule is CCNC(CCc1cccc([N+](=O)[O-])c1F)CC(C)C. The summed E-state index contributed by atoms with van der Waals surface area (Å²) in [6.45, 7) is 7.21. The molecule has 0 amide bonds. The molecule has 0 aliphatic heterocycles. The van der Waals surface area contributed by atoms with E-state index in [0.29, 0.717) is 23.9 Å². The maximum absolute atomic E-state index is 14.0. The van der Waals surface area contributed by atoms with E-state index >= 15 is 0 Å². The fourth-order valence-corrected chi connectivity index (χ4v) is 2.39. The van der Waals surface area contributed by atoms with Crippen molar-refractivity contribution in [3.05, 3.63) is 39.7 Å². The van der Waals surface area contributed by atoms with Crippen LogP contribution in [0.2, 0.25) is 0 Å². The first-order valence-corrected chi connectivity index (χ1v) is 7.10. The van der Waals surface area contributed by atoms with Crippen LogP contribution in [0.3, 0.4) is 0 Å². The van der Waals surface area contributed by atoms with Crippen LogP contribution >= 0.6 is 0 Å². The third-order valence-electron chi connectivity index (χ3n) is 3.27. The van der Waals surface area contributed by atoms with Crippen LogP contribution < -0.4 is 5.32 Å². The van der Waals surface area contributed by atoms with Gasteiger partial charge in [0.25, 0.3) is 0 Å². The molecule has 0 fully saturated rings. The van der Waals surface area contributed by atoms with Gasteiger partial charge in [-0.3, -0.25) is 10.1 Å². The number of rotatable bonds is 8. The molecule has 112 valence electrons. The number of benzene rings is 1. The highest BCUT2D eigenvalue weighted by molar-refractivity contribution is 5.36.